The average Bonchev–Trinajstić information content (AvgIpc) is 2.83. The SMILES string of the molecule is COc1cc(C#N)ccc1OCCCC(=O)NCCN1CCN(c2ncccn2)CC1. The summed E-state index contributed by atoms with van der Waals surface area (Å²) in [6.07, 6.45) is 4.52. The molecule has 2 aromatic rings. The highest BCUT2D eigenvalue weighted by Crippen LogP contribution is 2.27. The normalized spacial score (nSPS) is 14.0. The zero-order valence-corrected chi connectivity index (χ0v) is 17.8. The fourth-order valence-electron chi connectivity index (χ4n) is 3.34. The lowest BCUT2D eigenvalue weighted by Gasteiger charge is -2.34. The molecule has 1 aliphatic heterocycles. The molecule has 2 heterocycles. The number of amides is 1. The Kier molecular flexibility index (Phi) is 8.43. The summed E-state index contributed by atoms with van der Waals surface area (Å²) in [5.74, 6) is 1.88. The van der Waals surface area contributed by atoms with Gasteiger partial charge in [-0.1, -0.05) is 0 Å². The molecule has 0 aliphatic carbocycles. The van der Waals surface area contributed by atoms with E-state index in [1.165, 1.54) is 7.11 Å². The van der Waals surface area contributed by atoms with Crippen LogP contribution in [0.25, 0.3) is 0 Å². The maximum atomic E-state index is 12.1. The van der Waals surface area contributed by atoms with Gasteiger partial charge in [-0.25, -0.2) is 9.97 Å². The standard InChI is InChI=1S/C22H28N6O3/c1-30-20-16-18(17-23)5-6-19(20)31-15-2-4-21(29)24-9-10-27-11-13-28(14-12-27)22-25-7-3-8-26-22/h3,5-8,16H,2,4,9-15H2,1H3,(H,24,29). The smallest absolute Gasteiger partial charge is 0.225 e. The summed E-state index contributed by atoms with van der Waals surface area (Å²) in [6, 6.07) is 8.90. The summed E-state index contributed by atoms with van der Waals surface area (Å²) in [5.41, 5.74) is 0.512. The molecule has 1 aromatic carbocycles. The highest BCUT2D eigenvalue weighted by molar-refractivity contribution is 5.75. The van der Waals surface area contributed by atoms with E-state index in [2.05, 4.69) is 31.2 Å². The number of hydrogen-bond acceptors (Lipinski definition) is 8. The van der Waals surface area contributed by atoms with E-state index in [9.17, 15) is 4.79 Å². The third-order valence-corrected chi connectivity index (χ3v) is 5.06. The van der Waals surface area contributed by atoms with Crippen molar-refractivity contribution in [2.24, 2.45) is 0 Å². The molecule has 1 aromatic heterocycles. The number of benzene rings is 1. The van der Waals surface area contributed by atoms with Crippen LogP contribution in [-0.4, -0.2) is 73.8 Å². The van der Waals surface area contributed by atoms with E-state index in [1.807, 2.05) is 6.07 Å². The second-order valence-electron chi connectivity index (χ2n) is 7.16. The Morgan fingerprint density at radius 2 is 1.97 bits per heavy atom. The lowest BCUT2D eigenvalue weighted by Crippen LogP contribution is -2.49. The molecule has 1 aliphatic rings. The molecule has 1 amide bonds. The van der Waals surface area contributed by atoms with Gasteiger partial charge < -0.3 is 19.7 Å². The van der Waals surface area contributed by atoms with E-state index in [4.69, 9.17) is 14.7 Å². The van der Waals surface area contributed by atoms with E-state index in [0.717, 1.165) is 38.7 Å². The molecule has 0 unspecified atom stereocenters. The number of carbonyl (C=O) groups excluding carboxylic acids is 1. The molecule has 1 N–H and O–H groups in total. The van der Waals surface area contributed by atoms with Gasteiger partial charge in [-0.2, -0.15) is 5.26 Å². The summed E-state index contributed by atoms with van der Waals surface area (Å²) in [6.45, 7) is 5.48. The lowest BCUT2D eigenvalue weighted by molar-refractivity contribution is -0.121. The van der Waals surface area contributed by atoms with E-state index >= 15 is 0 Å². The molecule has 0 spiro atoms. The highest BCUT2D eigenvalue weighted by Gasteiger charge is 2.18. The first-order chi connectivity index (χ1) is 15.2. The minimum Gasteiger partial charge on any atom is -0.493 e. The van der Waals surface area contributed by atoms with Gasteiger partial charge in [-0.3, -0.25) is 9.69 Å². The van der Waals surface area contributed by atoms with Gasteiger partial charge >= 0.3 is 0 Å². The van der Waals surface area contributed by atoms with Gasteiger partial charge in [0.15, 0.2) is 11.5 Å². The van der Waals surface area contributed by atoms with Crippen molar-refractivity contribution in [1.82, 2.24) is 20.2 Å². The number of nitrogens with zero attached hydrogens (tertiary/aromatic N) is 5. The van der Waals surface area contributed by atoms with E-state index in [1.54, 1.807) is 30.6 Å². The van der Waals surface area contributed by atoms with Gasteiger partial charge in [0.2, 0.25) is 11.9 Å². The molecule has 1 saturated heterocycles. The number of carbonyl (C=O) groups is 1. The van der Waals surface area contributed by atoms with Crippen LogP contribution in [0.3, 0.4) is 0 Å². The Labute approximate surface area is 182 Å². The van der Waals surface area contributed by atoms with Crippen LogP contribution in [0.2, 0.25) is 0 Å². The van der Waals surface area contributed by atoms with Gasteiger partial charge in [0.05, 0.1) is 25.3 Å². The third-order valence-electron chi connectivity index (χ3n) is 5.06. The summed E-state index contributed by atoms with van der Waals surface area (Å²) in [4.78, 5) is 25.2. The van der Waals surface area contributed by atoms with Crippen molar-refractivity contribution in [3.05, 3.63) is 42.2 Å². The average molecular weight is 425 g/mol. The molecular weight excluding hydrogens is 396 g/mol. The van der Waals surface area contributed by atoms with E-state index < -0.39 is 0 Å². The van der Waals surface area contributed by atoms with Gasteiger partial charge in [-0.05, 0) is 24.6 Å². The first-order valence-electron chi connectivity index (χ1n) is 10.4. The van der Waals surface area contributed by atoms with Crippen LogP contribution in [-0.2, 0) is 4.79 Å². The maximum absolute atomic E-state index is 12.1. The van der Waals surface area contributed by atoms with Crippen LogP contribution >= 0.6 is 0 Å². The van der Waals surface area contributed by atoms with Crippen molar-refractivity contribution in [3.63, 3.8) is 0 Å². The number of anilines is 1. The van der Waals surface area contributed by atoms with Crippen molar-refractivity contribution in [2.45, 2.75) is 12.8 Å². The number of rotatable bonds is 10. The molecule has 3 rings (SSSR count). The second-order valence-corrected chi connectivity index (χ2v) is 7.16. The van der Waals surface area contributed by atoms with Crippen molar-refractivity contribution in [1.29, 1.82) is 5.26 Å². The molecule has 31 heavy (non-hydrogen) atoms. The van der Waals surface area contributed by atoms with Crippen LogP contribution < -0.4 is 19.7 Å². The molecule has 0 radical (unpaired) electrons. The van der Waals surface area contributed by atoms with Crippen molar-refractivity contribution in [2.75, 3.05) is 57.9 Å². The quantitative estimate of drug-likeness (QED) is 0.572. The van der Waals surface area contributed by atoms with Crippen LogP contribution in [0.15, 0.2) is 36.7 Å². The van der Waals surface area contributed by atoms with Gasteiger partial charge in [0.1, 0.15) is 0 Å². The first-order valence-corrected chi connectivity index (χ1v) is 10.4. The van der Waals surface area contributed by atoms with Gasteiger partial charge in [0, 0.05) is 64.1 Å². The molecular formula is C22H28N6O3. The number of aromatic nitrogens is 2. The van der Waals surface area contributed by atoms with Crippen LogP contribution in [0.4, 0.5) is 5.95 Å². The van der Waals surface area contributed by atoms with Crippen molar-refractivity contribution < 1.29 is 14.3 Å². The molecule has 164 valence electrons. The predicted molar refractivity (Wildman–Crippen MR) is 116 cm³/mol. The Morgan fingerprint density at radius 1 is 1.19 bits per heavy atom. The number of ether oxygens (including phenoxy) is 2. The van der Waals surface area contributed by atoms with Crippen LogP contribution in [0.5, 0.6) is 11.5 Å². The molecule has 0 bridgehead atoms. The van der Waals surface area contributed by atoms with Crippen molar-refractivity contribution >= 4 is 11.9 Å². The minimum atomic E-state index is 0.0201. The number of hydrogen-bond donors (Lipinski definition) is 1. The third kappa shape index (κ3) is 6.83. The Hall–Kier alpha value is -3.38. The molecule has 1 fully saturated rings. The molecule has 9 heteroatoms. The highest BCUT2D eigenvalue weighted by atomic mass is 16.5. The van der Waals surface area contributed by atoms with E-state index in [-0.39, 0.29) is 5.91 Å². The summed E-state index contributed by atoms with van der Waals surface area (Å²) < 4.78 is 10.9. The molecule has 0 saturated carbocycles. The monoisotopic (exact) mass is 424 g/mol. The number of methoxy groups -OCH3 is 1. The minimum absolute atomic E-state index is 0.0201. The Bertz CT molecular complexity index is 879. The molecule has 9 nitrogen and oxygen atoms in total. The van der Waals surface area contributed by atoms with Gasteiger partial charge in [0.25, 0.3) is 0 Å². The summed E-state index contributed by atoms with van der Waals surface area (Å²) in [5, 5.41) is 11.9. The lowest BCUT2D eigenvalue weighted by atomic mass is 10.2. The number of nitrogens with one attached hydrogen (secondary N) is 1. The van der Waals surface area contributed by atoms with Crippen LogP contribution in [0, 0.1) is 11.3 Å². The van der Waals surface area contributed by atoms with Crippen molar-refractivity contribution in [3.8, 4) is 17.6 Å². The first kappa shape index (κ1) is 22.3. The van der Waals surface area contributed by atoms with Crippen LogP contribution in [0.1, 0.15) is 18.4 Å². The second kappa shape index (κ2) is 11.7. The number of nitriles is 1. The Morgan fingerprint density at radius 3 is 2.68 bits per heavy atom. The zero-order chi connectivity index (χ0) is 21.9. The zero-order valence-electron chi connectivity index (χ0n) is 17.8. The number of piperazine rings is 1. The maximum Gasteiger partial charge on any atom is 0.225 e. The topological polar surface area (TPSA) is 104 Å². The summed E-state index contributed by atoms with van der Waals surface area (Å²) in [7, 11) is 1.53. The Balaban J connectivity index is 1.27. The van der Waals surface area contributed by atoms with E-state index in [0.29, 0.717) is 43.1 Å². The largest absolute Gasteiger partial charge is 0.493 e. The summed E-state index contributed by atoms with van der Waals surface area (Å²) >= 11 is 0. The molecule has 0 atom stereocenters. The fourth-order valence-corrected chi connectivity index (χ4v) is 3.34. The van der Waals surface area contributed by atoms with Gasteiger partial charge in [-0.15, -0.1) is 0 Å². The fraction of sp³-hybridized carbons (Fsp3) is 0.455. The predicted octanol–water partition coefficient (Wildman–Crippen LogP) is 1.45.